The van der Waals surface area contributed by atoms with Gasteiger partial charge in [-0.2, -0.15) is 0 Å². The van der Waals surface area contributed by atoms with Crippen LogP contribution in [0.3, 0.4) is 0 Å². The lowest BCUT2D eigenvalue weighted by Crippen LogP contribution is -2.55. The third-order valence-electron chi connectivity index (χ3n) is 3.68. The molecule has 2 aliphatic rings. The monoisotopic (exact) mass is 317 g/mol. The van der Waals surface area contributed by atoms with Crippen molar-refractivity contribution >= 4 is 17.8 Å². The highest BCUT2D eigenvalue weighted by Gasteiger charge is 2.54. The van der Waals surface area contributed by atoms with Crippen LogP contribution in [-0.2, 0) is 35.2 Å². The van der Waals surface area contributed by atoms with Gasteiger partial charge in [-0.1, -0.05) is 30.3 Å². The summed E-state index contributed by atoms with van der Waals surface area (Å²) >= 11 is 0. The van der Waals surface area contributed by atoms with Crippen LogP contribution >= 0.6 is 0 Å². The Kier molecular flexibility index (Phi) is 4.01. The lowest BCUT2D eigenvalue weighted by atomic mass is 10.1. The van der Waals surface area contributed by atoms with Crippen molar-refractivity contribution in [3.8, 4) is 0 Å². The predicted molar refractivity (Wildman–Crippen MR) is 76.5 cm³/mol. The Labute approximate surface area is 132 Å². The van der Waals surface area contributed by atoms with Gasteiger partial charge in [-0.05, 0) is 5.56 Å². The topological polar surface area (TPSA) is 82.1 Å². The Bertz CT molecular complexity index is 668. The summed E-state index contributed by atoms with van der Waals surface area (Å²) in [7, 11) is 1.21. The molecule has 2 aliphatic heterocycles. The van der Waals surface area contributed by atoms with E-state index in [0.29, 0.717) is 0 Å². The molecular formula is C16H15NO6. The zero-order valence-electron chi connectivity index (χ0n) is 12.4. The number of esters is 2. The number of rotatable bonds is 4. The second-order valence-electron chi connectivity index (χ2n) is 5.14. The number of hydrogen-bond acceptors (Lipinski definition) is 6. The predicted octanol–water partition coefficient (Wildman–Crippen LogP) is 0.744. The van der Waals surface area contributed by atoms with E-state index in [2.05, 4.69) is 4.74 Å². The number of methoxy groups -OCH3 is 1. The number of ether oxygens (including phenoxy) is 3. The van der Waals surface area contributed by atoms with E-state index < -0.39 is 24.2 Å². The van der Waals surface area contributed by atoms with E-state index >= 15 is 0 Å². The van der Waals surface area contributed by atoms with Crippen LogP contribution in [0.25, 0.3) is 0 Å². The molecule has 23 heavy (non-hydrogen) atoms. The van der Waals surface area contributed by atoms with Gasteiger partial charge < -0.3 is 14.2 Å². The summed E-state index contributed by atoms with van der Waals surface area (Å²) in [6.07, 6.45) is 0.764. The van der Waals surface area contributed by atoms with Crippen LogP contribution in [0.2, 0.25) is 0 Å². The Morgan fingerprint density at radius 3 is 2.74 bits per heavy atom. The molecule has 1 aromatic rings. The van der Waals surface area contributed by atoms with Gasteiger partial charge >= 0.3 is 11.9 Å². The zero-order chi connectivity index (χ0) is 16.4. The normalized spacial score (nSPS) is 23.8. The SMILES string of the molecule is COC(=O)C1/C(=C\C(=O)OCc2ccccc2)OC2CC(=O)N21. The molecule has 2 fully saturated rings. The number of hydrogen-bond donors (Lipinski definition) is 0. The average Bonchev–Trinajstić information content (AvgIpc) is 2.85. The minimum atomic E-state index is -1.02. The van der Waals surface area contributed by atoms with Crippen LogP contribution in [0, 0.1) is 0 Å². The molecule has 120 valence electrons. The van der Waals surface area contributed by atoms with E-state index in [1.807, 2.05) is 30.3 Å². The highest BCUT2D eigenvalue weighted by atomic mass is 16.6. The van der Waals surface area contributed by atoms with E-state index in [1.165, 1.54) is 12.0 Å². The first-order chi connectivity index (χ1) is 11.1. The lowest BCUT2D eigenvalue weighted by Gasteiger charge is -2.33. The fraction of sp³-hybridized carbons (Fsp3) is 0.312. The molecule has 7 heteroatoms. The van der Waals surface area contributed by atoms with Crippen molar-refractivity contribution in [2.24, 2.45) is 0 Å². The summed E-state index contributed by atoms with van der Waals surface area (Å²) in [6, 6.07) is 8.18. The van der Waals surface area contributed by atoms with Crippen molar-refractivity contribution in [2.75, 3.05) is 7.11 Å². The molecule has 2 atom stereocenters. The largest absolute Gasteiger partial charge is 0.471 e. The van der Waals surface area contributed by atoms with E-state index in [0.717, 1.165) is 11.6 Å². The quantitative estimate of drug-likeness (QED) is 0.463. The summed E-state index contributed by atoms with van der Waals surface area (Å²) in [5.74, 6) is -1.44. The molecule has 2 saturated heterocycles. The van der Waals surface area contributed by atoms with Gasteiger partial charge in [0.25, 0.3) is 0 Å². The lowest BCUT2D eigenvalue weighted by molar-refractivity contribution is -0.164. The van der Waals surface area contributed by atoms with Crippen LogP contribution in [-0.4, -0.2) is 42.1 Å². The molecule has 2 heterocycles. The fourth-order valence-electron chi connectivity index (χ4n) is 2.51. The van der Waals surface area contributed by atoms with Crippen molar-refractivity contribution in [2.45, 2.75) is 25.3 Å². The van der Waals surface area contributed by atoms with Gasteiger partial charge in [0.15, 0.2) is 12.3 Å². The zero-order valence-corrected chi connectivity index (χ0v) is 12.4. The van der Waals surface area contributed by atoms with Crippen molar-refractivity contribution in [3.63, 3.8) is 0 Å². The molecule has 0 spiro atoms. The van der Waals surface area contributed by atoms with Crippen LogP contribution in [0.4, 0.5) is 0 Å². The third-order valence-corrected chi connectivity index (χ3v) is 3.68. The van der Waals surface area contributed by atoms with Crippen LogP contribution in [0.1, 0.15) is 12.0 Å². The molecule has 7 nitrogen and oxygen atoms in total. The molecule has 0 saturated carbocycles. The highest BCUT2D eigenvalue weighted by Crippen LogP contribution is 2.36. The van der Waals surface area contributed by atoms with Crippen molar-refractivity contribution in [1.82, 2.24) is 4.90 Å². The smallest absolute Gasteiger partial charge is 0.336 e. The maximum Gasteiger partial charge on any atom is 0.336 e. The van der Waals surface area contributed by atoms with Gasteiger partial charge in [-0.3, -0.25) is 9.69 Å². The van der Waals surface area contributed by atoms with E-state index in [9.17, 15) is 14.4 Å². The number of β-lactam (4-membered cyclic amide) rings is 1. The summed E-state index contributed by atoms with van der Waals surface area (Å²) in [6.45, 7) is 0.110. The summed E-state index contributed by atoms with van der Waals surface area (Å²) in [5, 5.41) is 0. The molecule has 3 rings (SSSR count). The summed E-state index contributed by atoms with van der Waals surface area (Å²) in [4.78, 5) is 36.6. The fourth-order valence-corrected chi connectivity index (χ4v) is 2.51. The van der Waals surface area contributed by atoms with E-state index in [-0.39, 0.29) is 24.7 Å². The van der Waals surface area contributed by atoms with Crippen LogP contribution in [0.5, 0.6) is 0 Å². The number of benzene rings is 1. The minimum absolute atomic E-state index is 0.0748. The molecule has 1 amide bonds. The first-order valence-corrected chi connectivity index (χ1v) is 7.08. The molecule has 2 unspecified atom stereocenters. The number of amides is 1. The van der Waals surface area contributed by atoms with Crippen LogP contribution in [0.15, 0.2) is 42.2 Å². The number of carbonyl (C=O) groups is 3. The first-order valence-electron chi connectivity index (χ1n) is 7.08. The molecule has 0 radical (unpaired) electrons. The van der Waals surface area contributed by atoms with Crippen molar-refractivity contribution in [1.29, 1.82) is 0 Å². The average molecular weight is 317 g/mol. The molecule has 0 N–H and O–H groups in total. The Morgan fingerprint density at radius 2 is 2.09 bits per heavy atom. The minimum Gasteiger partial charge on any atom is -0.471 e. The van der Waals surface area contributed by atoms with E-state index in [4.69, 9.17) is 9.47 Å². The van der Waals surface area contributed by atoms with Gasteiger partial charge in [0, 0.05) is 0 Å². The number of nitrogens with zero attached hydrogens (tertiary/aromatic N) is 1. The summed E-state index contributed by atoms with van der Waals surface area (Å²) in [5.41, 5.74) is 0.843. The summed E-state index contributed by atoms with van der Waals surface area (Å²) < 4.78 is 15.2. The van der Waals surface area contributed by atoms with Crippen LogP contribution < -0.4 is 0 Å². The van der Waals surface area contributed by atoms with Gasteiger partial charge in [0.1, 0.15) is 12.4 Å². The first kappa shape index (κ1) is 15.1. The maximum absolute atomic E-state index is 11.9. The second kappa shape index (κ2) is 6.12. The second-order valence-corrected chi connectivity index (χ2v) is 5.14. The Morgan fingerprint density at radius 1 is 1.35 bits per heavy atom. The van der Waals surface area contributed by atoms with E-state index in [1.54, 1.807) is 0 Å². The third kappa shape index (κ3) is 2.90. The maximum atomic E-state index is 11.9. The molecule has 0 bridgehead atoms. The Hall–Kier alpha value is -2.83. The van der Waals surface area contributed by atoms with Crippen molar-refractivity contribution in [3.05, 3.63) is 47.7 Å². The molecule has 0 aromatic heterocycles. The number of fused-ring (bicyclic) bond motifs is 1. The molecule has 0 aliphatic carbocycles. The standard InChI is InChI=1S/C16H15NO6/c1-21-16(20)15-11(23-13-8-12(18)17(13)15)7-14(19)22-9-10-5-3-2-4-6-10/h2-7,13,15H,8-9H2,1H3/b11-7+. The van der Waals surface area contributed by atoms with Gasteiger partial charge in [-0.25, -0.2) is 9.59 Å². The highest BCUT2D eigenvalue weighted by molar-refractivity contribution is 5.93. The van der Waals surface area contributed by atoms with Gasteiger partial charge in [0.2, 0.25) is 5.91 Å². The molecular weight excluding hydrogens is 302 g/mol. The van der Waals surface area contributed by atoms with Gasteiger partial charge in [-0.15, -0.1) is 0 Å². The van der Waals surface area contributed by atoms with Gasteiger partial charge in [0.05, 0.1) is 19.6 Å². The van der Waals surface area contributed by atoms with Crippen molar-refractivity contribution < 1.29 is 28.6 Å². The molecule has 1 aromatic carbocycles. The Balaban J connectivity index is 1.69. The number of carbonyl (C=O) groups excluding carboxylic acids is 3.